The average molecular weight is 527 g/mol. The van der Waals surface area contributed by atoms with Gasteiger partial charge in [0.25, 0.3) is 5.91 Å². The molecule has 3 aromatic heterocycles. The highest BCUT2D eigenvalue weighted by Gasteiger charge is 2.21. The fourth-order valence-corrected chi connectivity index (χ4v) is 5.49. The lowest BCUT2D eigenvalue weighted by Gasteiger charge is -2.26. The first kappa shape index (κ1) is 25.5. The first-order valence-corrected chi connectivity index (χ1v) is 13.9. The summed E-state index contributed by atoms with van der Waals surface area (Å²) < 4.78 is 6.15. The van der Waals surface area contributed by atoms with Crippen LogP contribution in [0.1, 0.15) is 61.1 Å². The molecule has 6 rings (SSSR count). The Bertz CT molecular complexity index is 1420. The van der Waals surface area contributed by atoms with Gasteiger partial charge in [0, 0.05) is 23.7 Å². The number of amides is 1. The Morgan fingerprint density at radius 3 is 2.64 bits per heavy atom. The number of rotatable bonds is 7. The molecule has 9 heteroatoms. The Morgan fingerprint density at radius 2 is 1.85 bits per heavy atom. The van der Waals surface area contributed by atoms with Gasteiger partial charge in [-0.3, -0.25) is 24.8 Å². The maximum Gasteiger partial charge on any atom is 0.276 e. The molecule has 3 N–H and O–H groups in total. The monoisotopic (exact) mass is 526 g/mol. The van der Waals surface area contributed by atoms with Crippen LogP contribution in [0.2, 0.25) is 0 Å². The maximum atomic E-state index is 13.2. The molecule has 2 fully saturated rings. The Balaban J connectivity index is 1.15. The van der Waals surface area contributed by atoms with E-state index >= 15 is 0 Å². The summed E-state index contributed by atoms with van der Waals surface area (Å²) in [4.78, 5) is 24.5. The lowest BCUT2D eigenvalue weighted by molar-refractivity contribution is 0.0664. The predicted molar refractivity (Wildman–Crippen MR) is 150 cm³/mol. The van der Waals surface area contributed by atoms with Crippen LogP contribution in [-0.4, -0.2) is 61.4 Å². The fourth-order valence-electron chi connectivity index (χ4n) is 5.49. The summed E-state index contributed by atoms with van der Waals surface area (Å²) in [7, 11) is 0. The molecular formula is C30H34N6O3. The van der Waals surface area contributed by atoms with Gasteiger partial charge in [0.05, 0.1) is 41.5 Å². The molecule has 1 saturated heterocycles. The Labute approximate surface area is 227 Å². The quantitative estimate of drug-likeness (QED) is 0.312. The smallest absolute Gasteiger partial charge is 0.276 e. The number of carbonyl (C=O) groups is 1. The molecule has 4 aromatic rings. The minimum Gasteiger partial charge on any atom is -0.489 e. The van der Waals surface area contributed by atoms with Gasteiger partial charge in [0.15, 0.2) is 5.69 Å². The van der Waals surface area contributed by atoms with E-state index in [1.54, 1.807) is 18.6 Å². The number of aliphatic hydroxyl groups is 1. The van der Waals surface area contributed by atoms with Gasteiger partial charge in [-0.15, -0.1) is 0 Å². The van der Waals surface area contributed by atoms with Crippen molar-refractivity contribution in [3.63, 3.8) is 0 Å². The van der Waals surface area contributed by atoms with Gasteiger partial charge in [-0.1, -0.05) is 12.5 Å². The molecule has 4 heterocycles. The van der Waals surface area contributed by atoms with Crippen molar-refractivity contribution in [1.29, 1.82) is 0 Å². The van der Waals surface area contributed by atoms with Crippen LogP contribution in [0.4, 0.5) is 5.69 Å². The minimum absolute atomic E-state index is 0.0884. The second-order valence-electron chi connectivity index (χ2n) is 10.6. The SMILES string of the molecule is O=C(Nc1ccc(CN2CCCCC2)nc1)c1n[nH]c2ccc(-c3cncc(OC4CCC(O)CC4)c3)cc12. The summed E-state index contributed by atoms with van der Waals surface area (Å²) in [6.07, 6.45) is 12.1. The van der Waals surface area contributed by atoms with Crippen LogP contribution in [0, 0.1) is 0 Å². The molecule has 0 radical (unpaired) electrons. The first-order chi connectivity index (χ1) is 19.1. The van der Waals surface area contributed by atoms with Crippen LogP contribution >= 0.6 is 0 Å². The number of piperidine rings is 1. The van der Waals surface area contributed by atoms with E-state index < -0.39 is 0 Å². The molecule has 202 valence electrons. The van der Waals surface area contributed by atoms with Crippen molar-refractivity contribution in [2.24, 2.45) is 0 Å². The second-order valence-corrected chi connectivity index (χ2v) is 10.6. The van der Waals surface area contributed by atoms with E-state index in [4.69, 9.17) is 4.74 Å². The van der Waals surface area contributed by atoms with Gasteiger partial charge < -0.3 is 15.2 Å². The first-order valence-electron chi connectivity index (χ1n) is 13.9. The van der Waals surface area contributed by atoms with E-state index in [9.17, 15) is 9.90 Å². The van der Waals surface area contributed by atoms with Crippen molar-refractivity contribution in [1.82, 2.24) is 25.1 Å². The van der Waals surface area contributed by atoms with Crippen molar-refractivity contribution in [2.45, 2.75) is 63.7 Å². The van der Waals surface area contributed by atoms with Crippen LogP contribution in [0.5, 0.6) is 5.75 Å². The normalized spacial score (nSPS) is 20.1. The Morgan fingerprint density at radius 1 is 1.00 bits per heavy atom. The number of aromatic nitrogens is 4. The van der Waals surface area contributed by atoms with Gasteiger partial charge in [0.2, 0.25) is 0 Å². The van der Waals surface area contributed by atoms with E-state index in [2.05, 4.69) is 30.4 Å². The topological polar surface area (TPSA) is 116 Å². The van der Waals surface area contributed by atoms with Gasteiger partial charge in [-0.05, 0) is 87.5 Å². The summed E-state index contributed by atoms with van der Waals surface area (Å²) in [6, 6.07) is 11.7. The van der Waals surface area contributed by atoms with Crippen LogP contribution in [-0.2, 0) is 6.54 Å². The molecule has 2 aliphatic rings. The third-order valence-electron chi connectivity index (χ3n) is 7.69. The summed E-state index contributed by atoms with van der Waals surface area (Å²) in [5.74, 6) is 0.411. The molecule has 0 unspecified atom stereocenters. The van der Waals surface area contributed by atoms with E-state index in [0.717, 1.165) is 73.0 Å². The van der Waals surface area contributed by atoms with E-state index in [1.165, 1.54) is 19.3 Å². The molecule has 1 saturated carbocycles. The van der Waals surface area contributed by atoms with Crippen molar-refractivity contribution in [3.8, 4) is 16.9 Å². The molecule has 0 spiro atoms. The molecule has 1 amide bonds. The van der Waals surface area contributed by atoms with Crippen molar-refractivity contribution < 1.29 is 14.6 Å². The highest BCUT2D eigenvalue weighted by molar-refractivity contribution is 6.11. The Kier molecular flexibility index (Phi) is 7.51. The van der Waals surface area contributed by atoms with Gasteiger partial charge >= 0.3 is 0 Å². The van der Waals surface area contributed by atoms with Crippen molar-refractivity contribution in [3.05, 3.63) is 66.4 Å². The number of H-pyrrole nitrogens is 1. The summed E-state index contributed by atoms with van der Waals surface area (Å²) in [6.45, 7) is 3.08. The van der Waals surface area contributed by atoms with E-state index in [0.29, 0.717) is 17.1 Å². The van der Waals surface area contributed by atoms with Crippen LogP contribution < -0.4 is 10.1 Å². The number of pyridine rings is 2. The zero-order valence-electron chi connectivity index (χ0n) is 22.0. The highest BCUT2D eigenvalue weighted by atomic mass is 16.5. The number of hydrogen-bond donors (Lipinski definition) is 3. The van der Waals surface area contributed by atoms with E-state index in [1.807, 2.05) is 36.4 Å². The number of likely N-dealkylation sites (tertiary alicyclic amines) is 1. The lowest BCUT2D eigenvalue weighted by atomic mass is 9.95. The fraction of sp³-hybridized carbons (Fsp3) is 0.400. The van der Waals surface area contributed by atoms with Crippen LogP contribution in [0.25, 0.3) is 22.0 Å². The third kappa shape index (κ3) is 6.10. The molecule has 9 nitrogen and oxygen atoms in total. The number of ether oxygens (including phenoxy) is 1. The number of nitrogens with one attached hydrogen (secondary N) is 2. The van der Waals surface area contributed by atoms with Gasteiger partial charge in [-0.2, -0.15) is 5.10 Å². The molecular weight excluding hydrogens is 492 g/mol. The largest absolute Gasteiger partial charge is 0.489 e. The number of anilines is 1. The molecule has 1 aromatic carbocycles. The number of aliphatic hydroxyl groups excluding tert-OH is 1. The molecule has 0 atom stereocenters. The average Bonchev–Trinajstić information content (AvgIpc) is 3.40. The Hall–Kier alpha value is -3.82. The van der Waals surface area contributed by atoms with Crippen LogP contribution in [0.15, 0.2) is 55.0 Å². The van der Waals surface area contributed by atoms with E-state index in [-0.39, 0.29) is 18.1 Å². The highest BCUT2D eigenvalue weighted by Crippen LogP contribution is 2.29. The zero-order chi connectivity index (χ0) is 26.6. The van der Waals surface area contributed by atoms with Crippen molar-refractivity contribution in [2.75, 3.05) is 18.4 Å². The number of hydrogen-bond acceptors (Lipinski definition) is 7. The molecule has 1 aliphatic heterocycles. The van der Waals surface area contributed by atoms with Gasteiger partial charge in [0.1, 0.15) is 5.75 Å². The van der Waals surface area contributed by atoms with Gasteiger partial charge in [-0.25, -0.2) is 0 Å². The number of aromatic amines is 1. The number of nitrogens with zero attached hydrogens (tertiary/aromatic N) is 4. The molecule has 1 aliphatic carbocycles. The number of fused-ring (bicyclic) bond motifs is 1. The van der Waals surface area contributed by atoms with Crippen molar-refractivity contribution >= 4 is 22.5 Å². The predicted octanol–water partition coefficient (Wildman–Crippen LogP) is 4.94. The molecule has 39 heavy (non-hydrogen) atoms. The summed E-state index contributed by atoms with van der Waals surface area (Å²) >= 11 is 0. The zero-order valence-corrected chi connectivity index (χ0v) is 22.0. The number of benzene rings is 1. The summed E-state index contributed by atoms with van der Waals surface area (Å²) in [5.41, 5.74) is 4.56. The molecule has 0 bridgehead atoms. The third-order valence-corrected chi connectivity index (χ3v) is 7.69. The summed E-state index contributed by atoms with van der Waals surface area (Å²) in [5, 5.41) is 20.7. The second kappa shape index (κ2) is 11.5. The van der Waals surface area contributed by atoms with Crippen LogP contribution in [0.3, 0.4) is 0 Å². The minimum atomic E-state index is -0.293. The standard InChI is InChI=1S/C30H34N6O3/c37-24-7-9-25(10-8-24)39-26-14-21(16-31-18-26)20-4-11-28-27(15-20)29(35-34-28)30(38)33-22-5-6-23(32-17-22)19-36-12-2-1-3-13-36/h4-6,11,14-18,24-25,37H,1-3,7-10,12-13,19H2,(H,33,38)(H,34,35). The maximum absolute atomic E-state index is 13.2. The lowest BCUT2D eigenvalue weighted by Crippen LogP contribution is -2.29. The number of carbonyl (C=O) groups excluding carboxylic acids is 1.